The summed E-state index contributed by atoms with van der Waals surface area (Å²) in [6.07, 6.45) is 0.200. The highest BCUT2D eigenvalue weighted by molar-refractivity contribution is 5.67. The van der Waals surface area contributed by atoms with Crippen molar-refractivity contribution in [2.24, 2.45) is 0 Å². The Hall–Kier alpha value is -1.55. The number of aliphatic carboxylic acids is 1. The number of piperazine rings is 1. The molecule has 1 aliphatic heterocycles. The highest BCUT2D eigenvalue weighted by Gasteiger charge is 2.30. The lowest BCUT2D eigenvalue weighted by atomic mass is 10.0. The van der Waals surface area contributed by atoms with Crippen molar-refractivity contribution in [3.8, 4) is 0 Å². The normalized spacial score (nSPS) is 24.5. The Balaban J connectivity index is 2.15. The Labute approximate surface area is 114 Å². The summed E-state index contributed by atoms with van der Waals surface area (Å²) in [6, 6.07) is 8.93. The molecule has 1 N–H and O–H groups in total. The van der Waals surface area contributed by atoms with Crippen LogP contribution in [-0.4, -0.2) is 48.2 Å². The molecule has 1 saturated heterocycles. The van der Waals surface area contributed by atoms with E-state index in [9.17, 15) is 4.79 Å². The van der Waals surface area contributed by atoms with Gasteiger partial charge in [-0.3, -0.25) is 9.69 Å². The first-order chi connectivity index (χ1) is 8.97. The fourth-order valence-corrected chi connectivity index (χ4v) is 2.73. The number of aryl methyl sites for hydroxylation is 1. The van der Waals surface area contributed by atoms with Crippen LogP contribution in [0.5, 0.6) is 0 Å². The van der Waals surface area contributed by atoms with Crippen LogP contribution < -0.4 is 4.90 Å². The maximum absolute atomic E-state index is 10.9. The zero-order chi connectivity index (χ0) is 14.0. The molecule has 0 aromatic heterocycles. The van der Waals surface area contributed by atoms with E-state index >= 15 is 0 Å². The van der Waals surface area contributed by atoms with E-state index in [2.05, 4.69) is 47.9 Å². The summed E-state index contributed by atoms with van der Waals surface area (Å²) in [7, 11) is 2.01. The van der Waals surface area contributed by atoms with E-state index < -0.39 is 5.97 Å². The van der Waals surface area contributed by atoms with Crippen molar-refractivity contribution in [3.63, 3.8) is 0 Å². The van der Waals surface area contributed by atoms with Gasteiger partial charge in [-0.15, -0.1) is 0 Å². The molecule has 4 nitrogen and oxygen atoms in total. The molecule has 1 heterocycles. The van der Waals surface area contributed by atoms with Crippen LogP contribution >= 0.6 is 0 Å². The van der Waals surface area contributed by atoms with Crippen LogP contribution in [0.15, 0.2) is 24.3 Å². The van der Waals surface area contributed by atoms with Gasteiger partial charge in [0.2, 0.25) is 0 Å². The predicted molar refractivity (Wildman–Crippen MR) is 76.7 cm³/mol. The van der Waals surface area contributed by atoms with E-state index in [1.54, 1.807) is 0 Å². The molecule has 104 valence electrons. The number of likely N-dealkylation sites (N-methyl/N-ethyl adjacent to an activating group) is 1. The lowest BCUT2D eigenvalue weighted by Crippen LogP contribution is -2.56. The number of anilines is 1. The lowest BCUT2D eigenvalue weighted by molar-refractivity contribution is -0.138. The zero-order valence-electron chi connectivity index (χ0n) is 11.8. The molecule has 1 fully saturated rings. The number of carboxylic acid groups (broad SMARTS) is 1. The van der Waals surface area contributed by atoms with E-state index in [1.165, 1.54) is 11.3 Å². The van der Waals surface area contributed by atoms with Crippen molar-refractivity contribution in [1.82, 2.24) is 4.90 Å². The number of nitrogens with zero attached hydrogens (tertiary/aromatic N) is 2. The topological polar surface area (TPSA) is 43.8 Å². The van der Waals surface area contributed by atoms with Gasteiger partial charge in [-0.05, 0) is 33.0 Å². The number of benzene rings is 1. The number of hydrogen-bond donors (Lipinski definition) is 1. The van der Waals surface area contributed by atoms with Gasteiger partial charge in [0.15, 0.2) is 0 Å². The first-order valence-electron chi connectivity index (χ1n) is 6.72. The molecule has 0 saturated carbocycles. The molecule has 1 aliphatic rings. The summed E-state index contributed by atoms with van der Waals surface area (Å²) in [4.78, 5) is 15.4. The van der Waals surface area contributed by atoms with Crippen LogP contribution in [0.2, 0.25) is 0 Å². The number of hydrogen-bond acceptors (Lipinski definition) is 3. The molecule has 19 heavy (non-hydrogen) atoms. The summed E-state index contributed by atoms with van der Waals surface area (Å²) in [5.74, 6) is -0.727. The summed E-state index contributed by atoms with van der Waals surface area (Å²) < 4.78 is 0. The Bertz CT molecular complexity index is 444. The van der Waals surface area contributed by atoms with Crippen LogP contribution in [0.4, 0.5) is 5.69 Å². The third kappa shape index (κ3) is 3.26. The van der Waals surface area contributed by atoms with Gasteiger partial charge < -0.3 is 10.0 Å². The van der Waals surface area contributed by atoms with Crippen LogP contribution in [0.25, 0.3) is 0 Å². The SMILES string of the molecule is Cc1ccc(N2CC(CC(=O)O)N(C)CC2C)cc1. The average molecular weight is 262 g/mol. The number of carboxylic acids is 1. The zero-order valence-corrected chi connectivity index (χ0v) is 11.8. The fourth-order valence-electron chi connectivity index (χ4n) is 2.73. The number of rotatable bonds is 3. The standard InChI is InChI=1S/C15H22N2O2/c1-11-4-6-13(7-5-11)17-10-14(8-15(18)19)16(3)9-12(17)2/h4-7,12,14H,8-10H2,1-3H3,(H,18,19). The minimum absolute atomic E-state index is 0.0787. The molecule has 0 radical (unpaired) electrons. The molecule has 0 spiro atoms. The van der Waals surface area contributed by atoms with Crippen molar-refractivity contribution < 1.29 is 9.90 Å². The Morgan fingerprint density at radius 1 is 1.32 bits per heavy atom. The minimum Gasteiger partial charge on any atom is -0.481 e. The molecule has 2 rings (SSSR count). The quantitative estimate of drug-likeness (QED) is 0.904. The van der Waals surface area contributed by atoms with E-state index in [4.69, 9.17) is 5.11 Å². The highest BCUT2D eigenvalue weighted by atomic mass is 16.4. The second-order valence-electron chi connectivity index (χ2n) is 5.53. The Kier molecular flexibility index (Phi) is 4.10. The molecule has 4 heteroatoms. The lowest BCUT2D eigenvalue weighted by Gasteiger charge is -2.44. The molecule has 0 amide bonds. The monoisotopic (exact) mass is 262 g/mol. The van der Waals surface area contributed by atoms with Gasteiger partial charge in [-0.2, -0.15) is 0 Å². The van der Waals surface area contributed by atoms with Crippen molar-refractivity contribution >= 4 is 11.7 Å². The largest absolute Gasteiger partial charge is 0.481 e. The van der Waals surface area contributed by atoms with Gasteiger partial charge in [-0.1, -0.05) is 17.7 Å². The summed E-state index contributed by atoms with van der Waals surface area (Å²) in [5.41, 5.74) is 2.43. The highest BCUT2D eigenvalue weighted by Crippen LogP contribution is 2.24. The van der Waals surface area contributed by atoms with Gasteiger partial charge in [-0.25, -0.2) is 0 Å². The van der Waals surface area contributed by atoms with E-state index in [0.29, 0.717) is 6.04 Å². The molecule has 0 aliphatic carbocycles. The fraction of sp³-hybridized carbons (Fsp3) is 0.533. The van der Waals surface area contributed by atoms with Crippen molar-refractivity contribution in [2.45, 2.75) is 32.4 Å². The van der Waals surface area contributed by atoms with Crippen LogP contribution in [0, 0.1) is 6.92 Å². The van der Waals surface area contributed by atoms with E-state index in [0.717, 1.165) is 13.1 Å². The molecule has 1 aromatic carbocycles. The Morgan fingerprint density at radius 3 is 2.53 bits per heavy atom. The second-order valence-corrected chi connectivity index (χ2v) is 5.53. The summed E-state index contributed by atoms with van der Waals surface area (Å²) in [5, 5.41) is 9.00. The summed E-state index contributed by atoms with van der Waals surface area (Å²) in [6.45, 7) is 5.93. The van der Waals surface area contributed by atoms with Gasteiger partial charge in [0.1, 0.15) is 0 Å². The van der Waals surface area contributed by atoms with E-state index in [1.807, 2.05) is 7.05 Å². The van der Waals surface area contributed by atoms with Crippen LogP contribution in [0.1, 0.15) is 18.9 Å². The third-order valence-corrected chi connectivity index (χ3v) is 3.89. The molecule has 0 bridgehead atoms. The smallest absolute Gasteiger partial charge is 0.305 e. The first-order valence-corrected chi connectivity index (χ1v) is 6.72. The van der Waals surface area contributed by atoms with Crippen molar-refractivity contribution in [2.75, 3.05) is 25.0 Å². The number of carbonyl (C=O) groups is 1. The van der Waals surface area contributed by atoms with Gasteiger partial charge >= 0.3 is 5.97 Å². The molecule has 2 atom stereocenters. The van der Waals surface area contributed by atoms with Gasteiger partial charge in [0, 0.05) is 30.9 Å². The van der Waals surface area contributed by atoms with Crippen molar-refractivity contribution in [1.29, 1.82) is 0 Å². The first kappa shape index (κ1) is 13.9. The van der Waals surface area contributed by atoms with Crippen LogP contribution in [0.3, 0.4) is 0 Å². The maximum Gasteiger partial charge on any atom is 0.305 e. The molecule has 1 aromatic rings. The predicted octanol–water partition coefficient (Wildman–Crippen LogP) is 1.98. The third-order valence-electron chi connectivity index (χ3n) is 3.89. The second kappa shape index (κ2) is 5.61. The van der Waals surface area contributed by atoms with Gasteiger partial charge in [0.25, 0.3) is 0 Å². The molecular formula is C15H22N2O2. The summed E-state index contributed by atoms with van der Waals surface area (Å²) >= 11 is 0. The van der Waals surface area contributed by atoms with E-state index in [-0.39, 0.29) is 12.5 Å². The molecular weight excluding hydrogens is 240 g/mol. The van der Waals surface area contributed by atoms with Crippen LogP contribution in [-0.2, 0) is 4.79 Å². The Morgan fingerprint density at radius 2 is 1.95 bits per heavy atom. The van der Waals surface area contributed by atoms with Crippen molar-refractivity contribution in [3.05, 3.63) is 29.8 Å². The minimum atomic E-state index is -0.727. The average Bonchev–Trinajstić information content (AvgIpc) is 2.33. The molecule has 2 unspecified atom stereocenters. The maximum atomic E-state index is 10.9. The van der Waals surface area contributed by atoms with Gasteiger partial charge in [0.05, 0.1) is 6.42 Å².